The maximum atomic E-state index is 13.0. The number of carbonyl (C=O) groups is 3. The van der Waals surface area contributed by atoms with Crippen LogP contribution in [0, 0.1) is 10.1 Å². The van der Waals surface area contributed by atoms with Crippen LogP contribution in [0.1, 0.15) is 58.9 Å². The van der Waals surface area contributed by atoms with E-state index in [9.17, 15) is 24.5 Å². The fourth-order valence-electron chi connectivity index (χ4n) is 3.85. The number of nitro groups is 1. The molecule has 0 radical (unpaired) electrons. The average molecular weight is 459 g/mol. The Morgan fingerprint density at radius 3 is 2.56 bits per heavy atom. The van der Waals surface area contributed by atoms with Crippen molar-refractivity contribution in [2.75, 3.05) is 13.2 Å². The Labute approximate surface area is 190 Å². The van der Waals surface area contributed by atoms with Gasteiger partial charge < -0.3 is 9.64 Å². The van der Waals surface area contributed by atoms with Gasteiger partial charge in [-0.3, -0.25) is 19.7 Å². The largest absolute Gasteiger partial charge is 0.452 e. The first-order valence-electron chi connectivity index (χ1n) is 10.4. The van der Waals surface area contributed by atoms with E-state index < -0.39 is 29.0 Å². The van der Waals surface area contributed by atoms with Gasteiger partial charge in [0, 0.05) is 29.8 Å². The molecule has 1 saturated heterocycles. The number of esters is 1. The number of rotatable bonds is 7. The summed E-state index contributed by atoms with van der Waals surface area (Å²) in [6.45, 7) is 2.24. The monoisotopic (exact) mass is 458 g/mol. The lowest BCUT2D eigenvalue weighted by atomic mass is 9.98. The number of ketones is 1. The van der Waals surface area contributed by atoms with Gasteiger partial charge in [-0.05, 0) is 43.9 Å². The Balaban J connectivity index is 1.77. The van der Waals surface area contributed by atoms with Crippen LogP contribution in [-0.2, 0) is 9.53 Å². The first kappa shape index (κ1) is 23.4. The van der Waals surface area contributed by atoms with Crippen LogP contribution in [0.5, 0.6) is 0 Å². The van der Waals surface area contributed by atoms with Crippen LogP contribution >= 0.6 is 11.6 Å². The molecule has 0 aliphatic carbocycles. The molecule has 3 rings (SSSR count). The third-order valence-electron chi connectivity index (χ3n) is 5.54. The lowest BCUT2D eigenvalue weighted by Crippen LogP contribution is -2.45. The summed E-state index contributed by atoms with van der Waals surface area (Å²) in [6.07, 6.45) is 3.76. The zero-order valence-electron chi connectivity index (χ0n) is 17.6. The SMILES string of the molecule is CCC1CCCCN1C(=O)COC(=O)c1ccccc1C(=O)c1ccc(Cl)c([N+](=O)[O-])c1. The van der Waals surface area contributed by atoms with Crippen molar-refractivity contribution < 1.29 is 24.0 Å². The van der Waals surface area contributed by atoms with Crippen molar-refractivity contribution in [1.82, 2.24) is 4.90 Å². The van der Waals surface area contributed by atoms with Crippen LogP contribution in [0.15, 0.2) is 42.5 Å². The predicted octanol–water partition coefficient (Wildman–Crippen LogP) is 4.43. The van der Waals surface area contributed by atoms with Gasteiger partial charge in [-0.25, -0.2) is 4.79 Å². The minimum atomic E-state index is -0.809. The molecule has 32 heavy (non-hydrogen) atoms. The van der Waals surface area contributed by atoms with E-state index in [2.05, 4.69) is 0 Å². The number of amides is 1. The Bertz CT molecular complexity index is 1050. The van der Waals surface area contributed by atoms with Crippen molar-refractivity contribution in [3.05, 3.63) is 74.3 Å². The van der Waals surface area contributed by atoms with Crippen LogP contribution < -0.4 is 0 Å². The number of piperidine rings is 1. The number of carbonyl (C=O) groups excluding carboxylic acids is 3. The molecule has 1 amide bonds. The Hall–Kier alpha value is -3.26. The molecule has 1 aliphatic heterocycles. The highest BCUT2D eigenvalue weighted by Gasteiger charge is 2.27. The van der Waals surface area contributed by atoms with Gasteiger partial charge in [0.05, 0.1) is 10.5 Å². The van der Waals surface area contributed by atoms with Gasteiger partial charge in [0.1, 0.15) is 5.02 Å². The van der Waals surface area contributed by atoms with E-state index >= 15 is 0 Å². The maximum absolute atomic E-state index is 13.0. The van der Waals surface area contributed by atoms with Crippen molar-refractivity contribution in [3.8, 4) is 0 Å². The third-order valence-corrected chi connectivity index (χ3v) is 5.86. The first-order chi connectivity index (χ1) is 15.3. The van der Waals surface area contributed by atoms with Gasteiger partial charge in [-0.2, -0.15) is 0 Å². The molecule has 2 aromatic rings. The highest BCUT2D eigenvalue weighted by atomic mass is 35.5. The minimum absolute atomic E-state index is 0.0107. The van der Waals surface area contributed by atoms with E-state index in [0.717, 1.165) is 31.7 Å². The van der Waals surface area contributed by atoms with Crippen LogP contribution in [0.4, 0.5) is 5.69 Å². The summed E-state index contributed by atoms with van der Waals surface area (Å²) in [6, 6.07) is 9.80. The smallest absolute Gasteiger partial charge is 0.339 e. The molecule has 9 heteroatoms. The summed E-state index contributed by atoms with van der Waals surface area (Å²) in [5, 5.41) is 11.0. The van der Waals surface area contributed by atoms with Gasteiger partial charge in [0.2, 0.25) is 0 Å². The summed E-state index contributed by atoms with van der Waals surface area (Å²) in [7, 11) is 0. The van der Waals surface area contributed by atoms with Gasteiger partial charge in [-0.1, -0.05) is 36.7 Å². The second-order valence-electron chi connectivity index (χ2n) is 7.52. The molecule has 1 unspecified atom stereocenters. The molecule has 1 heterocycles. The maximum Gasteiger partial charge on any atom is 0.339 e. The van der Waals surface area contributed by atoms with Gasteiger partial charge in [0.15, 0.2) is 12.4 Å². The van der Waals surface area contributed by atoms with Crippen molar-refractivity contribution >= 4 is 34.9 Å². The van der Waals surface area contributed by atoms with Crippen LogP contribution in [-0.4, -0.2) is 46.7 Å². The molecule has 8 nitrogen and oxygen atoms in total. The fraction of sp³-hybridized carbons (Fsp3) is 0.348. The molecule has 0 aromatic heterocycles. The third kappa shape index (κ3) is 5.13. The Kier molecular flexibility index (Phi) is 7.58. The number of hydrogen-bond donors (Lipinski definition) is 0. The average Bonchev–Trinajstić information content (AvgIpc) is 2.81. The Morgan fingerprint density at radius 1 is 1.16 bits per heavy atom. The molecular formula is C23H23ClN2O6. The highest BCUT2D eigenvalue weighted by molar-refractivity contribution is 6.33. The predicted molar refractivity (Wildman–Crippen MR) is 118 cm³/mol. The molecule has 0 N–H and O–H groups in total. The number of likely N-dealkylation sites (tertiary alicyclic amines) is 1. The fourth-order valence-corrected chi connectivity index (χ4v) is 4.04. The Morgan fingerprint density at radius 2 is 1.88 bits per heavy atom. The lowest BCUT2D eigenvalue weighted by Gasteiger charge is -2.35. The van der Waals surface area contributed by atoms with Gasteiger partial charge in [-0.15, -0.1) is 0 Å². The quantitative estimate of drug-likeness (QED) is 0.263. The summed E-state index contributed by atoms with van der Waals surface area (Å²) in [5.74, 6) is -1.66. The van der Waals surface area contributed by atoms with E-state index in [1.807, 2.05) is 6.92 Å². The zero-order chi connectivity index (χ0) is 23.3. The lowest BCUT2D eigenvalue weighted by molar-refractivity contribution is -0.384. The second-order valence-corrected chi connectivity index (χ2v) is 7.93. The number of ether oxygens (including phenoxy) is 1. The van der Waals surface area contributed by atoms with E-state index in [0.29, 0.717) is 6.54 Å². The summed E-state index contributed by atoms with van der Waals surface area (Å²) < 4.78 is 5.23. The van der Waals surface area contributed by atoms with Crippen LogP contribution in [0.25, 0.3) is 0 Å². The summed E-state index contributed by atoms with van der Waals surface area (Å²) in [4.78, 5) is 50.5. The van der Waals surface area contributed by atoms with Crippen molar-refractivity contribution in [3.63, 3.8) is 0 Å². The zero-order valence-corrected chi connectivity index (χ0v) is 18.3. The summed E-state index contributed by atoms with van der Waals surface area (Å²) >= 11 is 5.82. The molecule has 168 valence electrons. The number of benzene rings is 2. The standard InChI is InChI=1S/C23H23ClN2O6/c1-2-16-7-5-6-12-25(16)21(27)14-32-23(29)18-9-4-3-8-17(18)22(28)15-10-11-19(24)20(13-15)26(30)31/h3-4,8-11,13,16H,2,5-7,12,14H2,1H3. The normalized spacial score (nSPS) is 15.8. The number of nitrogens with zero attached hydrogens (tertiary/aromatic N) is 2. The number of nitro benzene ring substituents is 1. The number of halogens is 1. The summed E-state index contributed by atoms with van der Waals surface area (Å²) in [5.41, 5.74) is -0.397. The van der Waals surface area contributed by atoms with Crippen molar-refractivity contribution in [2.45, 2.75) is 38.6 Å². The van der Waals surface area contributed by atoms with E-state index in [-0.39, 0.29) is 33.7 Å². The molecule has 1 aliphatic rings. The molecular weight excluding hydrogens is 436 g/mol. The second kappa shape index (κ2) is 10.4. The van der Waals surface area contributed by atoms with E-state index in [1.54, 1.807) is 17.0 Å². The molecule has 0 saturated carbocycles. The molecule has 0 spiro atoms. The van der Waals surface area contributed by atoms with Gasteiger partial charge in [0.25, 0.3) is 11.6 Å². The minimum Gasteiger partial charge on any atom is -0.452 e. The van der Waals surface area contributed by atoms with Crippen molar-refractivity contribution in [2.24, 2.45) is 0 Å². The highest BCUT2D eigenvalue weighted by Crippen LogP contribution is 2.27. The molecule has 2 aromatic carbocycles. The van der Waals surface area contributed by atoms with Crippen molar-refractivity contribution in [1.29, 1.82) is 0 Å². The topological polar surface area (TPSA) is 107 Å². The van der Waals surface area contributed by atoms with Crippen LogP contribution in [0.2, 0.25) is 5.02 Å². The molecule has 0 bridgehead atoms. The first-order valence-corrected chi connectivity index (χ1v) is 10.8. The molecule has 1 atom stereocenters. The number of hydrogen-bond acceptors (Lipinski definition) is 6. The molecule has 1 fully saturated rings. The van der Waals surface area contributed by atoms with E-state index in [1.165, 1.54) is 24.3 Å². The van der Waals surface area contributed by atoms with E-state index in [4.69, 9.17) is 16.3 Å². The van der Waals surface area contributed by atoms with Crippen LogP contribution in [0.3, 0.4) is 0 Å². The van der Waals surface area contributed by atoms with Gasteiger partial charge >= 0.3 is 5.97 Å².